The normalized spacial score (nSPS) is 19.2. The highest BCUT2D eigenvalue weighted by Crippen LogP contribution is 2.41. The molecule has 2 aliphatic rings. The van der Waals surface area contributed by atoms with E-state index in [1.54, 1.807) is 12.1 Å². The third-order valence-corrected chi connectivity index (χ3v) is 7.26. The summed E-state index contributed by atoms with van der Waals surface area (Å²) in [5.41, 5.74) is 0.166. The Morgan fingerprint density at radius 3 is 2.68 bits per heavy atom. The number of sulfonamides is 1. The van der Waals surface area contributed by atoms with Crippen LogP contribution in [0.2, 0.25) is 0 Å². The number of benzene rings is 2. The van der Waals surface area contributed by atoms with Crippen LogP contribution in [0.5, 0.6) is 0 Å². The molecule has 34 heavy (non-hydrogen) atoms. The summed E-state index contributed by atoms with van der Waals surface area (Å²) in [6.45, 7) is -0.828. The molecular formula is C21H21N5O7S. The monoisotopic (exact) mass is 487 g/mol. The summed E-state index contributed by atoms with van der Waals surface area (Å²) in [6.07, 6.45) is 1.04. The van der Waals surface area contributed by atoms with Crippen molar-refractivity contribution in [3.8, 4) is 0 Å². The van der Waals surface area contributed by atoms with Gasteiger partial charge in [-0.3, -0.25) is 24.6 Å². The number of fused-ring (bicyclic) bond motifs is 2. The Morgan fingerprint density at radius 1 is 1.15 bits per heavy atom. The van der Waals surface area contributed by atoms with Gasteiger partial charge in [0.25, 0.3) is 11.6 Å². The van der Waals surface area contributed by atoms with Gasteiger partial charge in [-0.05, 0) is 30.0 Å². The minimum absolute atomic E-state index is 0.120. The molecule has 1 spiro atoms. The summed E-state index contributed by atoms with van der Waals surface area (Å²) in [7, 11) is -4.03. The quantitative estimate of drug-likeness (QED) is 0.209. The van der Waals surface area contributed by atoms with Crippen molar-refractivity contribution in [2.24, 2.45) is 0 Å². The van der Waals surface area contributed by atoms with E-state index in [9.17, 15) is 32.9 Å². The minimum atomic E-state index is -4.03. The SMILES string of the molecule is O=C(CN1C(=O)NC2(CCc3ccccc32)C1=O)NCCNS(=O)(=O)c1cccc([N+](=O)[O-])c1. The van der Waals surface area contributed by atoms with E-state index in [0.29, 0.717) is 12.8 Å². The first-order valence-corrected chi connectivity index (χ1v) is 11.9. The standard InChI is InChI=1S/C21H21N5O7S/c27-18(22-10-11-23-34(32,33)16-6-3-5-15(12-16)26(30)31)13-25-19(28)21(24-20(25)29)9-8-14-4-1-2-7-17(14)21/h1-7,12,23H,8-11,13H2,(H,22,27)(H,24,29). The van der Waals surface area contributed by atoms with E-state index in [2.05, 4.69) is 15.4 Å². The van der Waals surface area contributed by atoms with E-state index in [1.807, 2.05) is 12.1 Å². The van der Waals surface area contributed by atoms with E-state index in [1.165, 1.54) is 18.2 Å². The minimum Gasteiger partial charge on any atom is -0.353 e. The molecule has 4 rings (SSSR count). The Kier molecular flexibility index (Phi) is 6.06. The lowest BCUT2D eigenvalue weighted by Gasteiger charge is -2.22. The number of carbonyl (C=O) groups is 3. The smallest absolute Gasteiger partial charge is 0.325 e. The second kappa shape index (κ2) is 8.83. The lowest BCUT2D eigenvalue weighted by Crippen LogP contribution is -2.44. The van der Waals surface area contributed by atoms with Gasteiger partial charge in [-0.2, -0.15) is 0 Å². The molecule has 0 radical (unpaired) electrons. The maximum Gasteiger partial charge on any atom is 0.325 e. The zero-order valence-electron chi connectivity index (χ0n) is 17.8. The topological polar surface area (TPSA) is 168 Å². The fourth-order valence-corrected chi connectivity index (χ4v) is 5.24. The van der Waals surface area contributed by atoms with Gasteiger partial charge in [-0.25, -0.2) is 17.9 Å². The molecule has 1 atom stereocenters. The maximum absolute atomic E-state index is 13.1. The van der Waals surface area contributed by atoms with Gasteiger partial charge in [0.1, 0.15) is 12.1 Å². The molecule has 1 unspecified atom stereocenters. The zero-order chi connectivity index (χ0) is 24.5. The van der Waals surface area contributed by atoms with E-state index >= 15 is 0 Å². The fourth-order valence-electron chi connectivity index (χ4n) is 4.17. The number of rotatable bonds is 8. The van der Waals surface area contributed by atoms with Crippen molar-refractivity contribution < 1.29 is 27.7 Å². The van der Waals surface area contributed by atoms with Crippen molar-refractivity contribution in [1.82, 2.24) is 20.3 Å². The number of amides is 4. The number of non-ortho nitro benzene ring substituents is 1. The first kappa shape index (κ1) is 23.3. The van der Waals surface area contributed by atoms with Crippen LogP contribution in [0.1, 0.15) is 17.5 Å². The molecule has 3 N–H and O–H groups in total. The van der Waals surface area contributed by atoms with Gasteiger partial charge in [0, 0.05) is 25.2 Å². The van der Waals surface area contributed by atoms with Gasteiger partial charge < -0.3 is 10.6 Å². The van der Waals surface area contributed by atoms with E-state index in [4.69, 9.17) is 0 Å². The van der Waals surface area contributed by atoms with Crippen LogP contribution in [-0.2, 0) is 31.6 Å². The third kappa shape index (κ3) is 4.22. The second-order valence-electron chi connectivity index (χ2n) is 7.89. The number of carbonyl (C=O) groups excluding carboxylic acids is 3. The Bertz CT molecular complexity index is 1300. The number of urea groups is 1. The molecule has 0 aromatic heterocycles. The molecule has 4 amide bonds. The highest BCUT2D eigenvalue weighted by molar-refractivity contribution is 7.89. The van der Waals surface area contributed by atoms with Crippen molar-refractivity contribution in [2.75, 3.05) is 19.6 Å². The van der Waals surface area contributed by atoms with Crippen LogP contribution in [0, 0.1) is 10.1 Å². The van der Waals surface area contributed by atoms with E-state index in [0.717, 1.165) is 22.1 Å². The van der Waals surface area contributed by atoms with Crippen LogP contribution < -0.4 is 15.4 Å². The maximum atomic E-state index is 13.1. The third-order valence-electron chi connectivity index (χ3n) is 5.80. The van der Waals surface area contributed by atoms with Crippen LogP contribution in [0.4, 0.5) is 10.5 Å². The lowest BCUT2D eigenvalue weighted by atomic mass is 9.92. The predicted octanol–water partition coefficient (Wildman–Crippen LogP) is 0.383. The molecular weight excluding hydrogens is 466 g/mol. The zero-order valence-corrected chi connectivity index (χ0v) is 18.6. The highest BCUT2D eigenvalue weighted by atomic mass is 32.2. The molecule has 0 saturated carbocycles. The summed E-state index contributed by atoms with van der Waals surface area (Å²) in [5.74, 6) is -1.13. The Balaban J connectivity index is 1.31. The average molecular weight is 487 g/mol. The van der Waals surface area contributed by atoms with Gasteiger partial charge >= 0.3 is 6.03 Å². The lowest BCUT2D eigenvalue weighted by molar-refractivity contribution is -0.385. The van der Waals surface area contributed by atoms with Crippen LogP contribution in [0.3, 0.4) is 0 Å². The van der Waals surface area contributed by atoms with Crippen LogP contribution in [0.15, 0.2) is 53.4 Å². The molecule has 2 aromatic carbocycles. The van der Waals surface area contributed by atoms with Crippen molar-refractivity contribution in [3.05, 3.63) is 69.8 Å². The summed E-state index contributed by atoms with van der Waals surface area (Å²) in [4.78, 5) is 48.5. The molecule has 1 aliphatic heterocycles. The van der Waals surface area contributed by atoms with Gasteiger partial charge in [0.2, 0.25) is 15.9 Å². The summed E-state index contributed by atoms with van der Waals surface area (Å²) in [5, 5.41) is 16.0. The number of nitro benzene ring substituents is 1. The van der Waals surface area contributed by atoms with Crippen molar-refractivity contribution in [3.63, 3.8) is 0 Å². The molecule has 178 valence electrons. The van der Waals surface area contributed by atoms with Crippen LogP contribution >= 0.6 is 0 Å². The van der Waals surface area contributed by atoms with Gasteiger partial charge in [0.05, 0.1) is 9.82 Å². The first-order valence-electron chi connectivity index (χ1n) is 10.4. The summed E-state index contributed by atoms with van der Waals surface area (Å²) < 4.78 is 26.9. The molecule has 1 fully saturated rings. The first-order chi connectivity index (χ1) is 16.1. The number of hydrogen-bond acceptors (Lipinski definition) is 7. The predicted molar refractivity (Wildman–Crippen MR) is 118 cm³/mol. The summed E-state index contributed by atoms with van der Waals surface area (Å²) in [6, 6.07) is 11.2. The number of aryl methyl sites for hydroxylation is 1. The Hall–Kier alpha value is -3.84. The summed E-state index contributed by atoms with van der Waals surface area (Å²) >= 11 is 0. The van der Waals surface area contributed by atoms with Crippen LogP contribution in [-0.4, -0.2) is 55.7 Å². The van der Waals surface area contributed by atoms with Crippen LogP contribution in [0.25, 0.3) is 0 Å². The molecule has 12 nitrogen and oxygen atoms in total. The van der Waals surface area contributed by atoms with E-state index < -0.39 is 44.9 Å². The molecule has 0 bridgehead atoms. The van der Waals surface area contributed by atoms with Crippen molar-refractivity contribution in [1.29, 1.82) is 0 Å². The number of nitro groups is 1. The Morgan fingerprint density at radius 2 is 1.91 bits per heavy atom. The highest BCUT2D eigenvalue weighted by Gasteiger charge is 2.55. The molecule has 2 aromatic rings. The molecule has 1 aliphatic carbocycles. The second-order valence-corrected chi connectivity index (χ2v) is 9.65. The van der Waals surface area contributed by atoms with E-state index in [-0.39, 0.29) is 23.7 Å². The van der Waals surface area contributed by atoms with Crippen molar-refractivity contribution in [2.45, 2.75) is 23.3 Å². The van der Waals surface area contributed by atoms with Gasteiger partial charge in [-0.15, -0.1) is 0 Å². The van der Waals surface area contributed by atoms with Gasteiger partial charge in [-0.1, -0.05) is 30.3 Å². The average Bonchev–Trinajstić information content (AvgIpc) is 3.30. The largest absolute Gasteiger partial charge is 0.353 e. The van der Waals surface area contributed by atoms with Crippen molar-refractivity contribution >= 4 is 33.6 Å². The molecule has 1 heterocycles. The van der Waals surface area contributed by atoms with Gasteiger partial charge in [0.15, 0.2) is 0 Å². The molecule has 13 heteroatoms. The number of nitrogens with zero attached hydrogens (tertiary/aromatic N) is 2. The molecule has 1 saturated heterocycles. The number of nitrogens with one attached hydrogen (secondary N) is 3. The Labute approximate surface area is 194 Å². The fraction of sp³-hybridized carbons (Fsp3) is 0.286. The number of hydrogen-bond donors (Lipinski definition) is 3. The number of imide groups is 1.